The largest absolute Gasteiger partial charge is 0.494 e. The van der Waals surface area contributed by atoms with Crippen LogP contribution in [-0.2, 0) is 49.6 Å². The highest BCUT2D eigenvalue weighted by molar-refractivity contribution is 5.93. The molecule has 0 unspecified atom stereocenters. The van der Waals surface area contributed by atoms with Crippen molar-refractivity contribution in [2.75, 3.05) is 98.4 Å². The Balaban J connectivity index is 1.53. The molecule has 61 heavy (non-hydrogen) atoms. The molecule has 6 N–H and O–H groups in total. The van der Waals surface area contributed by atoms with Crippen LogP contribution in [-0.4, -0.2) is 171 Å². The van der Waals surface area contributed by atoms with E-state index in [0.29, 0.717) is 96.9 Å². The molecular weight excluding hydrogens is 793 g/mol. The van der Waals surface area contributed by atoms with Crippen LogP contribution in [0.15, 0.2) is 24.3 Å². The normalized spacial score (nSPS) is 20.8. The number of nitrogens with two attached hydrogens (primary N) is 1. The molecule has 19 heteroatoms. The number of ketones is 1. The van der Waals surface area contributed by atoms with Gasteiger partial charge < -0.3 is 40.3 Å². The van der Waals surface area contributed by atoms with Gasteiger partial charge in [0.25, 0.3) is 6.47 Å². The molecule has 1 aromatic rings. The molecule has 1 aromatic carbocycles. The lowest BCUT2D eigenvalue weighted by atomic mass is 9.81. The minimum atomic E-state index is -0.954. The predicted octanol–water partition coefficient (Wildman–Crippen LogP) is 0.0103. The van der Waals surface area contributed by atoms with Gasteiger partial charge in [0.1, 0.15) is 12.5 Å². The van der Waals surface area contributed by atoms with Crippen LogP contribution >= 0.6 is 0 Å². The van der Waals surface area contributed by atoms with Crippen LogP contribution in [0.2, 0.25) is 0 Å². The summed E-state index contributed by atoms with van der Waals surface area (Å²) in [4.78, 5) is 101. The Morgan fingerprint density at radius 1 is 0.902 bits per heavy atom. The maximum atomic E-state index is 13.8. The summed E-state index contributed by atoms with van der Waals surface area (Å²) >= 11 is 0. The Hall–Kier alpha value is -4.69. The lowest BCUT2D eigenvalue weighted by Gasteiger charge is -2.33. The van der Waals surface area contributed by atoms with Crippen molar-refractivity contribution in [3.8, 4) is 5.75 Å². The average Bonchev–Trinajstić information content (AvgIpc) is 3.23. The first-order valence-corrected chi connectivity index (χ1v) is 21.5. The molecule has 0 saturated carbocycles. The minimum absolute atomic E-state index is 0.0541. The van der Waals surface area contributed by atoms with E-state index in [2.05, 4.69) is 25.7 Å². The highest BCUT2D eigenvalue weighted by atomic mass is 16.7. The lowest BCUT2D eigenvalue weighted by Crippen LogP contribution is -2.49. The van der Waals surface area contributed by atoms with Crippen molar-refractivity contribution in [2.24, 2.45) is 23.7 Å². The van der Waals surface area contributed by atoms with Gasteiger partial charge in [0.2, 0.25) is 17.7 Å². The van der Waals surface area contributed by atoms with E-state index < -0.39 is 35.7 Å². The molecule has 19 nitrogen and oxygen atoms in total. The molecule has 1 saturated heterocycles. The van der Waals surface area contributed by atoms with E-state index in [9.17, 15) is 38.7 Å². The van der Waals surface area contributed by atoms with Gasteiger partial charge in [0.15, 0.2) is 5.78 Å². The number of ether oxygens (including phenoxy) is 2. The van der Waals surface area contributed by atoms with Gasteiger partial charge in [-0.1, -0.05) is 32.9 Å². The Bertz CT molecular complexity index is 1550. The molecule has 3 aliphatic heterocycles. The fraction of sp³-hybridized carbons (Fsp3) is 0.690. The maximum absolute atomic E-state index is 13.8. The number of hydrogen-bond donors (Lipinski definition) is 5. The van der Waals surface area contributed by atoms with Crippen molar-refractivity contribution < 1.29 is 53.0 Å². The molecule has 0 aromatic heterocycles. The first-order valence-electron chi connectivity index (χ1n) is 21.5. The van der Waals surface area contributed by atoms with Gasteiger partial charge in [-0.05, 0) is 62.3 Å². The molecule has 3 heterocycles. The first-order chi connectivity index (χ1) is 29.3. The zero-order valence-electron chi connectivity index (χ0n) is 36.1. The van der Waals surface area contributed by atoms with Crippen LogP contribution in [0.25, 0.3) is 0 Å². The summed E-state index contributed by atoms with van der Waals surface area (Å²) in [7, 11) is 0. The zero-order chi connectivity index (χ0) is 44.6. The number of aliphatic carboxylic acids is 1. The van der Waals surface area contributed by atoms with Gasteiger partial charge in [-0.3, -0.25) is 48.3 Å². The predicted molar refractivity (Wildman–Crippen MR) is 225 cm³/mol. The highest BCUT2D eigenvalue weighted by Crippen LogP contribution is 2.27. The van der Waals surface area contributed by atoms with E-state index in [-0.39, 0.29) is 75.7 Å². The molecule has 3 atom stereocenters. The summed E-state index contributed by atoms with van der Waals surface area (Å²) in [6.07, 6.45) is 1.51. The Labute approximate surface area is 359 Å². The molecule has 4 rings (SSSR count). The topological polar surface area (TPSA) is 242 Å². The van der Waals surface area contributed by atoms with Gasteiger partial charge in [0.05, 0.1) is 37.6 Å². The van der Waals surface area contributed by atoms with Gasteiger partial charge in [-0.2, -0.15) is 5.90 Å². The number of Topliss-reactive ketones (excluding diaryl/α,β-unsaturated/α-hetero) is 1. The molecule has 342 valence electrons. The highest BCUT2D eigenvalue weighted by Gasteiger charge is 2.37. The Morgan fingerprint density at radius 2 is 1.51 bits per heavy atom. The number of amides is 3. The standard InChI is InChI=1S/C42H68N8O11/c1-4-47-16-18-49(28-40(55)56)20-19-48(21-23-50(22-17-47)29-59-30-51)27-39(54)45-15-6-14-44-38(53)13-12-37(52)36-26-32-8-10-33(11-9-32)60-24-5-7-34(42(58)61-43)35(25-31(2)3)41(57)46-36/h8-11,30-31,34-36H,4-7,12-29,43H2,1-3H3,(H,44,53)(H,45,54)(H,46,57)(H,55,56)/t34-,35+,36-/m0/s1. The summed E-state index contributed by atoms with van der Waals surface area (Å²) < 4.78 is 10.9. The van der Waals surface area contributed by atoms with Crippen molar-refractivity contribution in [2.45, 2.75) is 71.8 Å². The number of carbonyl (C=O) groups is 7. The maximum Gasteiger partial charge on any atom is 0.328 e. The second-order valence-corrected chi connectivity index (χ2v) is 16.1. The summed E-state index contributed by atoms with van der Waals surface area (Å²) in [5, 5.41) is 18.0. The molecule has 0 spiro atoms. The van der Waals surface area contributed by atoms with Crippen molar-refractivity contribution in [1.29, 1.82) is 0 Å². The summed E-state index contributed by atoms with van der Waals surface area (Å²) in [5.41, 5.74) is 0.783. The van der Waals surface area contributed by atoms with Crippen molar-refractivity contribution in [3.05, 3.63) is 29.8 Å². The SMILES string of the molecule is CCN1CCN(COC=O)CCN(CC(=O)NCCCNC(=O)CCC(=O)[C@@H]2Cc3ccc(cc3)OCCC[C@H](C(=O)ON)[C@@H](CC(C)C)C(=O)N2)CCN(CC(=O)O)CC1. The Morgan fingerprint density at radius 3 is 2.10 bits per heavy atom. The van der Waals surface area contributed by atoms with Crippen LogP contribution in [0.4, 0.5) is 0 Å². The number of hydrogen-bond acceptors (Lipinski definition) is 15. The smallest absolute Gasteiger partial charge is 0.328 e. The molecule has 1 fully saturated rings. The Kier molecular flexibility index (Phi) is 23.3. The second-order valence-electron chi connectivity index (χ2n) is 16.1. The van der Waals surface area contributed by atoms with E-state index in [1.54, 1.807) is 12.1 Å². The number of carbonyl (C=O) groups excluding carboxylic acids is 6. The lowest BCUT2D eigenvalue weighted by molar-refractivity contribution is -0.154. The average molecular weight is 861 g/mol. The second kappa shape index (κ2) is 28.0. The third kappa shape index (κ3) is 19.7. The monoisotopic (exact) mass is 861 g/mol. The number of likely N-dealkylation sites (N-methyl/N-ethyl adjacent to an activating group) is 1. The fourth-order valence-electron chi connectivity index (χ4n) is 7.48. The number of nitrogens with zero attached hydrogens (tertiary/aromatic N) is 4. The number of fused-ring (bicyclic) bond motifs is 11. The number of rotatable bonds is 19. The summed E-state index contributed by atoms with van der Waals surface area (Å²) in [6.45, 7) is 12.6. The van der Waals surface area contributed by atoms with E-state index >= 15 is 0 Å². The minimum Gasteiger partial charge on any atom is -0.494 e. The van der Waals surface area contributed by atoms with E-state index in [4.69, 9.17) is 15.4 Å². The van der Waals surface area contributed by atoms with E-state index in [0.717, 1.165) is 12.1 Å². The quantitative estimate of drug-likeness (QED) is 0.0699. The van der Waals surface area contributed by atoms with Crippen LogP contribution in [0.3, 0.4) is 0 Å². The van der Waals surface area contributed by atoms with Crippen LogP contribution in [0.5, 0.6) is 5.75 Å². The van der Waals surface area contributed by atoms with Gasteiger partial charge >= 0.3 is 11.9 Å². The fourth-order valence-corrected chi connectivity index (χ4v) is 7.48. The molecule has 3 amide bonds. The van der Waals surface area contributed by atoms with E-state index in [1.807, 2.05) is 47.6 Å². The number of carboxylic acids is 1. The van der Waals surface area contributed by atoms with Gasteiger partial charge in [-0.25, -0.2) is 0 Å². The number of carboxylic acid groups (broad SMARTS) is 1. The van der Waals surface area contributed by atoms with Crippen molar-refractivity contribution in [1.82, 2.24) is 35.6 Å². The van der Waals surface area contributed by atoms with Crippen LogP contribution in [0.1, 0.15) is 64.9 Å². The molecule has 3 aliphatic rings. The molecule has 0 aliphatic carbocycles. The van der Waals surface area contributed by atoms with Crippen LogP contribution in [0, 0.1) is 17.8 Å². The van der Waals surface area contributed by atoms with E-state index in [1.165, 1.54) is 0 Å². The van der Waals surface area contributed by atoms with Gasteiger partial charge in [-0.15, -0.1) is 0 Å². The molecule has 2 bridgehead atoms. The zero-order valence-corrected chi connectivity index (χ0v) is 36.1. The third-order valence-electron chi connectivity index (χ3n) is 11.0. The summed E-state index contributed by atoms with van der Waals surface area (Å²) in [6, 6.07) is 6.27. The van der Waals surface area contributed by atoms with Crippen molar-refractivity contribution in [3.63, 3.8) is 0 Å². The first kappa shape index (κ1) is 50.7. The van der Waals surface area contributed by atoms with Crippen molar-refractivity contribution >= 4 is 41.9 Å². The third-order valence-corrected chi connectivity index (χ3v) is 11.0. The molecular formula is C42H68N8O11. The molecule has 0 radical (unpaired) electrons. The van der Waals surface area contributed by atoms with Gasteiger partial charge in [0, 0.05) is 78.3 Å². The van der Waals surface area contributed by atoms with Crippen LogP contribution < -0.4 is 26.6 Å². The number of nitrogens with one attached hydrogen (secondary N) is 3. The summed E-state index contributed by atoms with van der Waals surface area (Å²) in [5.74, 6) is 1.35. The number of benzene rings is 1.